The van der Waals surface area contributed by atoms with Gasteiger partial charge in [-0.3, -0.25) is 19.8 Å². The largest absolute Gasteiger partial charge is 0.494 e. The van der Waals surface area contributed by atoms with Crippen LogP contribution in [0, 0.1) is 0 Å². The smallest absolute Gasteiger partial charge is 0.336 e. The first-order valence-electron chi connectivity index (χ1n) is 9.96. The van der Waals surface area contributed by atoms with Crippen molar-refractivity contribution < 1.29 is 28.6 Å². The van der Waals surface area contributed by atoms with Crippen LogP contribution < -0.4 is 15.0 Å². The normalized spacial score (nSPS) is 15.0. The van der Waals surface area contributed by atoms with Crippen molar-refractivity contribution >= 4 is 46.9 Å². The lowest BCUT2D eigenvalue weighted by Gasteiger charge is -2.29. The van der Waals surface area contributed by atoms with E-state index in [1.807, 2.05) is 6.92 Å². The Hall–Kier alpha value is -4.24. The number of rotatable bonds is 6. The van der Waals surface area contributed by atoms with Crippen molar-refractivity contribution in [2.24, 2.45) is 0 Å². The summed E-state index contributed by atoms with van der Waals surface area (Å²) in [4.78, 5) is 38.4. The van der Waals surface area contributed by atoms with Crippen LogP contribution in [0.25, 0.3) is 17.4 Å². The molecule has 0 atom stereocenters. The van der Waals surface area contributed by atoms with Crippen LogP contribution in [0.5, 0.6) is 5.75 Å². The minimum Gasteiger partial charge on any atom is -0.494 e. The molecule has 1 aromatic heterocycles. The molecule has 33 heavy (non-hydrogen) atoms. The van der Waals surface area contributed by atoms with E-state index in [2.05, 4.69) is 5.32 Å². The molecule has 2 aromatic carbocycles. The molecule has 0 radical (unpaired) electrons. The van der Waals surface area contributed by atoms with Gasteiger partial charge < -0.3 is 14.3 Å². The van der Waals surface area contributed by atoms with Crippen molar-refractivity contribution in [2.45, 2.75) is 6.92 Å². The number of hydrogen-bond acceptors (Lipinski definition) is 6. The minimum absolute atomic E-state index is 0.0497. The number of hydrogen-bond donors (Lipinski definition) is 2. The predicted octanol–water partition coefficient (Wildman–Crippen LogP) is 3.87. The molecule has 2 N–H and O–H groups in total. The van der Waals surface area contributed by atoms with Crippen molar-refractivity contribution in [3.05, 3.63) is 77.6 Å². The van der Waals surface area contributed by atoms with E-state index in [0.717, 1.165) is 0 Å². The molecular formula is C24H18N2O6S. The van der Waals surface area contributed by atoms with Crippen LogP contribution in [0.4, 0.5) is 5.69 Å². The predicted molar refractivity (Wildman–Crippen MR) is 125 cm³/mol. The van der Waals surface area contributed by atoms with Crippen LogP contribution in [0.3, 0.4) is 0 Å². The van der Waals surface area contributed by atoms with Gasteiger partial charge in [-0.2, -0.15) is 0 Å². The van der Waals surface area contributed by atoms with Gasteiger partial charge in [0, 0.05) is 11.6 Å². The number of amides is 2. The fourth-order valence-electron chi connectivity index (χ4n) is 3.37. The Morgan fingerprint density at radius 3 is 2.70 bits per heavy atom. The van der Waals surface area contributed by atoms with E-state index >= 15 is 0 Å². The zero-order valence-corrected chi connectivity index (χ0v) is 18.2. The Kier molecular flexibility index (Phi) is 6.05. The third-order valence-electron chi connectivity index (χ3n) is 4.82. The molecule has 0 bridgehead atoms. The first-order chi connectivity index (χ1) is 15.9. The Morgan fingerprint density at radius 1 is 1.15 bits per heavy atom. The summed E-state index contributed by atoms with van der Waals surface area (Å²) in [6, 6.07) is 16.3. The van der Waals surface area contributed by atoms with Crippen molar-refractivity contribution in [3.63, 3.8) is 0 Å². The lowest BCUT2D eigenvalue weighted by Crippen LogP contribution is -2.54. The summed E-state index contributed by atoms with van der Waals surface area (Å²) < 4.78 is 11.2. The van der Waals surface area contributed by atoms with Crippen LogP contribution in [0.1, 0.15) is 23.0 Å². The van der Waals surface area contributed by atoms with Crippen molar-refractivity contribution in [3.8, 4) is 17.1 Å². The second-order valence-corrected chi connectivity index (χ2v) is 7.33. The lowest BCUT2D eigenvalue weighted by molar-refractivity contribution is -0.122. The van der Waals surface area contributed by atoms with Gasteiger partial charge in [-0.1, -0.05) is 24.3 Å². The number of ether oxygens (including phenoxy) is 1. The third-order valence-corrected chi connectivity index (χ3v) is 5.11. The molecule has 0 aliphatic carbocycles. The first-order valence-corrected chi connectivity index (χ1v) is 10.4. The van der Waals surface area contributed by atoms with Crippen LogP contribution >= 0.6 is 12.2 Å². The maximum atomic E-state index is 13.2. The van der Waals surface area contributed by atoms with Gasteiger partial charge in [0.05, 0.1) is 17.9 Å². The maximum Gasteiger partial charge on any atom is 0.336 e. The number of furan rings is 1. The molecular weight excluding hydrogens is 444 g/mol. The van der Waals surface area contributed by atoms with Crippen molar-refractivity contribution in [2.75, 3.05) is 11.5 Å². The average molecular weight is 462 g/mol. The number of nitrogens with zero attached hydrogens (tertiary/aromatic N) is 1. The first kappa shape index (κ1) is 22.0. The number of carbonyl (C=O) groups excluding carboxylic acids is 2. The standard InChI is InChI=1S/C24H18N2O6S/c1-2-31-15-7-5-6-14(12-15)26-22(28)19(21(27)25-24(26)33)13-16-10-11-20(32-16)17-8-3-4-9-18(17)23(29)30/h3-13H,2H2,1H3,(H,29,30)(H,25,27,33). The van der Waals surface area contributed by atoms with Crippen LogP contribution in [0.15, 0.2) is 70.7 Å². The zero-order chi connectivity index (χ0) is 23.5. The van der Waals surface area contributed by atoms with E-state index in [4.69, 9.17) is 21.4 Å². The molecule has 1 saturated heterocycles. The van der Waals surface area contributed by atoms with Crippen LogP contribution in [-0.2, 0) is 9.59 Å². The summed E-state index contributed by atoms with van der Waals surface area (Å²) in [6.45, 7) is 2.30. The van der Waals surface area contributed by atoms with Crippen molar-refractivity contribution in [1.29, 1.82) is 0 Å². The highest BCUT2D eigenvalue weighted by molar-refractivity contribution is 7.80. The number of carboxylic acids is 1. The monoisotopic (exact) mass is 462 g/mol. The fourth-order valence-corrected chi connectivity index (χ4v) is 3.65. The summed E-state index contributed by atoms with van der Waals surface area (Å²) in [5.74, 6) is -1.32. The van der Waals surface area contributed by atoms with E-state index in [0.29, 0.717) is 29.4 Å². The summed E-state index contributed by atoms with van der Waals surface area (Å²) in [7, 11) is 0. The molecule has 0 spiro atoms. The SMILES string of the molecule is CCOc1cccc(N2C(=O)C(=Cc3ccc(-c4ccccc4C(=O)O)o3)C(=O)NC2=S)c1. The minimum atomic E-state index is -1.10. The van der Waals surface area contributed by atoms with Gasteiger partial charge >= 0.3 is 5.97 Å². The molecule has 4 rings (SSSR count). The van der Waals surface area contributed by atoms with Crippen LogP contribution in [0.2, 0.25) is 0 Å². The van der Waals surface area contributed by atoms with E-state index in [1.54, 1.807) is 54.6 Å². The third kappa shape index (κ3) is 4.39. The number of thiocarbonyl (C=S) groups is 1. The lowest BCUT2D eigenvalue weighted by atomic mass is 10.1. The van der Waals surface area contributed by atoms with E-state index < -0.39 is 17.8 Å². The maximum absolute atomic E-state index is 13.2. The summed E-state index contributed by atoms with van der Waals surface area (Å²) in [5, 5.41) is 11.9. The molecule has 1 aliphatic rings. The second kappa shape index (κ2) is 9.09. The number of aromatic carboxylic acids is 1. The quantitative estimate of drug-likeness (QED) is 0.325. The molecule has 9 heteroatoms. The highest BCUT2D eigenvalue weighted by Gasteiger charge is 2.35. The Balaban J connectivity index is 1.68. The van der Waals surface area contributed by atoms with Crippen molar-refractivity contribution in [1.82, 2.24) is 5.32 Å². The number of anilines is 1. The number of benzene rings is 2. The number of carboxylic acid groups (broad SMARTS) is 1. The van der Waals surface area contributed by atoms with E-state index in [9.17, 15) is 19.5 Å². The summed E-state index contributed by atoms with van der Waals surface area (Å²) >= 11 is 5.22. The topological polar surface area (TPSA) is 109 Å². The number of carbonyl (C=O) groups is 3. The van der Waals surface area contributed by atoms with Gasteiger partial charge in [0.2, 0.25) is 0 Å². The highest BCUT2D eigenvalue weighted by atomic mass is 32.1. The zero-order valence-electron chi connectivity index (χ0n) is 17.4. The molecule has 1 aliphatic heterocycles. The molecule has 3 aromatic rings. The van der Waals surface area contributed by atoms with Gasteiger partial charge in [-0.25, -0.2) is 4.79 Å². The van der Waals surface area contributed by atoms with Crippen LogP contribution in [-0.4, -0.2) is 34.6 Å². The van der Waals surface area contributed by atoms with E-state index in [-0.39, 0.29) is 22.0 Å². The van der Waals surface area contributed by atoms with E-state index in [1.165, 1.54) is 17.0 Å². The molecule has 2 heterocycles. The van der Waals surface area contributed by atoms with Gasteiger partial charge in [0.15, 0.2) is 5.11 Å². The number of nitrogens with one attached hydrogen (secondary N) is 1. The Morgan fingerprint density at radius 2 is 1.94 bits per heavy atom. The van der Waals surface area contributed by atoms with Gasteiger partial charge in [0.25, 0.3) is 11.8 Å². The fraction of sp³-hybridized carbons (Fsp3) is 0.0833. The second-order valence-electron chi connectivity index (χ2n) is 6.94. The molecule has 8 nitrogen and oxygen atoms in total. The Labute approximate surface area is 194 Å². The highest BCUT2D eigenvalue weighted by Crippen LogP contribution is 2.29. The molecule has 0 unspecified atom stereocenters. The molecule has 166 valence electrons. The summed E-state index contributed by atoms with van der Waals surface area (Å²) in [6.07, 6.45) is 1.30. The van der Waals surface area contributed by atoms with Gasteiger partial charge in [0.1, 0.15) is 22.8 Å². The van der Waals surface area contributed by atoms with Gasteiger partial charge in [-0.15, -0.1) is 0 Å². The van der Waals surface area contributed by atoms with Gasteiger partial charge in [-0.05, 0) is 55.5 Å². The molecule has 0 saturated carbocycles. The average Bonchev–Trinajstić information content (AvgIpc) is 3.25. The molecule has 2 amide bonds. The molecule has 1 fully saturated rings. The summed E-state index contributed by atoms with van der Waals surface area (Å²) in [5.41, 5.74) is 0.711. The Bertz CT molecular complexity index is 1310.